The molecule has 5 heteroatoms. The second-order valence-electron chi connectivity index (χ2n) is 6.17. The van der Waals surface area contributed by atoms with Crippen LogP contribution in [0.3, 0.4) is 0 Å². The maximum Gasteiger partial charge on any atom is 0.416 e. The fraction of sp³-hybridized carbons (Fsp3) is 0.625. The molecular formula is C16H21ClF3N. The summed E-state index contributed by atoms with van der Waals surface area (Å²) >= 11 is 5.73. The van der Waals surface area contributed by atoms with Crippen molar-refractivity contribution in [2.75, 3.05) is 25.5 Å². The van der Waals surface area contributed by atoms with E-state index in [0.717, 1.165) is 31.6 Å². The maximum atomic E-state index is 12.6. The number of benzene rings is 1. The molecule has 0 radical (unpaired) electrons. The highest BCUT2D eigenvalue weighted by Crippen LogP contribution is 2.40. The van der Waals surface area contributed by atoms with Gasteiger partial charge in [-0.2, -0.15) is 13.2 Å². The van der Waals surface area contributed by atoms with E-state index in [1.54, 1.807) is 12.1 Å². The van der Waals surface area contributed by atoms with Crippen LogP contribution in [0.4, 0.5) is 13.2 Å². The van der Waals surface area contributed by atoms with Crippen molar-refractivity contribution in [2.45, 2.75) is 31.9 Å². The predicted molar refractivity (Wildman–Crippen MR) is 79.7 cm³/mol. The molecule has 2 atom stereocenters. The number of alkyl halides is 4. The fourth-order valence-corrected chi connectivity index (χ4v) is 3.26. The lowest BCUT2D eigenvalue weighted by atomic mass is 9.75. The van der Waals surface area contributed by atoms with E-state index in [9.17, 15) is 13.2 Å². The number of nitrogens with zero attached hydrogens (tertiary/aromatic N) is 1. The van der Waals surface area contributed by atoms with Gasteiger partial charge in [0.1, 0.15) is 0 Å². The summed E-state index contributed by atoms with van der Waals surface area (Å²) in [7, 11) is 0. The van der Waals surface area contributed by atoms with Crippen LogP contribution in [0.15, 0.2) is 24.3 Å². The molecule has 1 heterocycles. The summed E-state index contributed by atoms with van der Waals surface area (Å²) in [6, 6.07) is 5.64. The minimum Gasteiger partial charge on any atom is -0.302 e. The Bertz CT molecular complexity index is 471. The average molecular weight is 320 g/mol. The lowest BCUT2D eigenvalue weighted by Crippen LogP contribution is -2.31. The molecule has 1 nitrogen and oxygen atoms in total. The first-order chi connectivity index (χ1) is 9.77. The van der Waals surface area contributed by atoms with Gasteiger partial charge in [-0.15, -0.1) is 11.6 Å². The third kappa shape index (κ3) is 3.54. The number of likely N-dealkylation sites (tertiary alicyclic amines) is 1. The topological polar surface area (TPSA) is 3.24 Å². The molecule has 0 aliphatic carbocycles. The van der Waals surface area contributed by atoms with Gasteiger partial charge in [0.2, 0.25) is 0 Å². The van der Waals surface area contributed by atoms with Crippen LogP contribution in [0, 0.1) is 5.92 Å². The molecule has 21 heavy (non-hydrogen) atoms. The van der Waals surface area contributed by atoms with Gasteiger partial charge in [0.25, 0.3) is 0 Å². The Hall–Kier alpha value is -0.740. The average Bonchev–Trinajstić information content (AvgIpc) is 2.72. The molecule has 118 valence electrons. The Balaban J connectivity index is 2.16. The summed E-state index contributed by atoms with van der Waals surface area (Å²) in [6.45, 7) is 7.09. The number of halogens is 4. The van der Waals surface area contributed by atoms with E-state index >= 15 is 0 Å². The van der Waals surface area contributed by atoms with Crippen molar-refractivity contribution in [1.82, 2.24) is 4.90 Å². The zero-order valence-corrected chi connectivity index (χ0v) is 13.1. The number of hydrogen-bond donors (Lipinski definition) is 0. The van der Waals surface area contributed by atoms with Crippen LogP contribution in [0.2, 0.25) is 0 Å². The molecule has 0 spiro atoms. The fourth-order valence-electron chi connectivity index (χ4n) is 3.14. The molecule has 0 amide bonds. The van der Waals surface area contributed by atoms with Crippen molar-refractivity contribution in [2.24, 2.45) is 5.92 Å². The van der Waals surface area contributed by atoms with Gasteiger partial charge in [0.05, 0.1) is 5.56 Å². The lowest BCUT2D eigenvalue weighted by Gasteiger charge is -2.29. The molecule has 1 aliphatic heterocycles. The van der Waals surface area contributed by atoms with Gasteiger partial charge in [-0.25, -0.2) is 0 Å². The highest BCUT2D eigenvalue weighted by atomic mass is 35.5. The zero-order chi connectivity index (χ0) is 15.7. The maximum absolute atomic E-state index is 12.6. The molecule has 0 saturated carbocycles. The van der Waals surface area contributed by atoms with Gasteiger partial charge < -0.3 is 4.90 Å². The number of rotatable bonds is 4. The van der Waals surface area contributed by atoms with Crippen molar-refractivity contribution in [3.05, 3.63) is 35.4 Å². The molecule has 0 bridgehead atoms. The summed E-state index contributed by atoms with van der Waals surface area (Å²) in [4.78, 5) is 2.35. The van der Waals surface area contributed by atoms with Crippen molar-refractivity contribution >= 4 is 11.6 Å². The summed E-state index contributed by atoms with van der Waals surface area (Å²) in [5.74, 6) is 1.05. The van der Waals surface area contributed by atoms with Gasteiger partial charge in [0, 0.05) is 24.4 Å². The third-order valence-corrected chi connectivity index (χ3v) is 4.92. The van der Waals surface area contributed by atoms with Crippen molar-refractivity contribution in [3.8, 4) is 0 Å². The highest BCUT2D eigenvalue weighted by Gasteiger charge is 2.41. The largest absolute Gasteiger partial charge is 0.416 e. The van der Waals surface area contributed by atoms with Gasteiger partial charge in [-0.1, -0.05) is 26.0 Å². The van der Waals surface area contributed by atoms with E-state index in [4.69, 9.17) is 11.6 Å². The zero-order valence-electron chi connectivity index (χ0n) is 12.4. The monoisotopic (exact) mass is 319 g/mol. The molecule has 1 aromatic carbocycles. The predicted octanol–water partition coefficient (Wildman–Crippen LogP) is 4.54. The van der Waals surface area contributed by atoms with E-state index < -0.39 is 11.7 Å². The van der Waals surface area contributed by atoms with Crippen LogP contribution >= 0.6 is 11.6 Å². The van der Waals surface area contributed by atoms with Crippen molar-refractivity contribution in [3.63, 3.8) is 0 Å². The SMILES string of the molecule is C[C@H]1CN(CCCCl)C[C@]1(C)c1ccc(C(F)(F)F)cc1. The molecule has 1 saturated heterocycles. The Kier molecular flexibility index (Phi) is 4.89. The standard InChI is InChI=1S/C16H21ClF3N/c1-12-10-21(9-3-8-17)11-15(12,2)13-4-6-14(7-5-13)16(18,19)20/h4-7,12H,3,8-11H2,1-2H3/t12-,15-/m0/s1. The Morgan fingerprint density at radius 3 is 2.43 bits per heavy atom. The smallest absolute Gasteiger partial charge is 0.302 e. The van der Waals surface area contributed by atoms with E-state index in [0.29, 0.717) is 11.8 Å². The molecule has 0 N–H and O–H groups in total. The summed E-state index contributed by atoms with van der Waals surface area (Å²) in [5, 5.41) is 0. The first-order valence-electron chi connectivity index (χ1n) is 7.23. The van der Waals surface area contributed by atoms with Crippen LogP contribution in [-0.2, 0) is 11.6 Å². The van der Waals surface area contributed by atoms with E-state index in [-0.39, 0.29) is 5.41 Å². The minimum atomic E-state index is -4.27. The van der Waals surface area contributed by atoms with Gasteiger partial charge in [0.15, 0.2) is 0 Å². The summed E-state index contributed by atoms with van der Waals surface area (Å²) < 4.78 is 37.9. The molecule has 2 rings (SSSR count). The van der Waals surface area contributed by atoms with Crippen LogP contribution < -0.4 is 0 Å². The molecule has 0 unspecified atom stereocenters. The van der Waals surface area contributed by atoms with Crippen LogP contribution in [0.5, 0.6) is 0 Å². The lowest BCUT2D eigenvalue weighted by molar-refractivity contribution is -0.137. The van der Waals surface area contributed by atoms with Crippen LogP contribution in [0.1, 0.15) is 31.4 Å². The minimum absolute atomic E-state index is 0.101. The number of hydrogen-bond acceptors (Lipinski definition) is 1. The third-order valence-electron chi connectivity index (χ3n) is 4.65. The van der Waals surface area contributed by atoms with Gasteiger partial charge >= 0.3 is 6.18 Å². The second-order valence-corrected chi connectivity index (χ2v) is 6.55. The van der Waals surface area contributed by atoms with E-state index in [2.05, 4.69) is 18.7 Å². The molecule has 1 aromatic rings. The Labute approximate surface area is 129 Å². The second kappa shape index (κ2) is 6.17. The normalized spacial score (nSPS) is 27.2. The molecule has 0 aromatic heterocycles. The Morgan fingerprint density at radius 2 is 1.90 bits per heavy atom. The van der Waals surface area contributed by atoms with Gasteiger partial charge in [-0.3, -0.25) is 0 Å². The van der Waals surface area contributed by atoms with E-state index in [1.165, 1.54) is 12.1 Å². The highest BCUT2D eigenvalue weighted by molar-refractivity contribution is 6.17. The first-order valence-corrected chi connectivity index (χ1v) is 7.77. The first kappa shape index (κ1) is 16.6. The summed E-state index contributed by atoms with van der Waals surface area (Å²) in [6.07, 6.45) is -3.33. The van der Waals surface area contributed by atoms with Crippen molar-refractivity contribution in [1.29, 1.82) is 0 Å². The quantitative estimate of drug-likeness (QED) is 0.736. The van der Waals surface area contributed by atoms with Crippen LogP contribution in [-0.4, -0.2) is 30.4 Å². The van der Waals surface area contributed by atoms with Crippen LogP contribution in [0.25, 0.3) is 0 Å². The molecule has 1 aliphatic rings. The molecule has 1 fully saturated rings. The Morgan fingerprint density at radius 1 is 1.29 bits per heavy atom. The van der Waals surface area contributed by atoms with Gasteiger partial charge in [-0.05, 0) is 36.6 Å². The van der Waals surface area contributed by atoms with E-state index in [1.807, 2.05) is 0 Å². The van der Waals surface area contributed by atoms with Crippen molar-refractivity contribution < 1.29 is 13.2 Å². The molecular weight excluding hydrogens is 299 g/mol. The summed E-state index contributed by atoms with van der Waals surface area (Å²) in [5.41, 5.74) is 0.298.